The molecule has 114 valence electrons. The van der Waals surface area contributed by atoms with Crippen LogP contribution in [0, 0.1) is 5.92 Å². The Morgan fingerprint density at radius 1 is 1.20 bits per heavy atom. The van der Waals surface area contributed by atoms with Gasteiger partial charge in [-0.3, -0.25) is 4.79 Å². The molecule has 0 aliphatic rings. The highest BCUT2D eigenvalue weighted by atomic mass is 35.5. The van der Waals surface area contributed by atoms with Gasteiger partial charge in [0.25, 0.3) is 0 Å². The lowest BCUT2D eigenvalue weighted by atomic mass is 10.00. The zero-order valence-corrected chi connectivity index (χ0v) is 13.5. The standard InChI is InChI=1S/C16H26N2O.ClH/c1-12(2)11-14-6-8-15(9-7-14)13(3)18-16(19)5-4-10-17;/h6-9,12-13H,4-5,10-11,17H2,1-3H3,(H,18,19);1H. The van der Waals surface area contributed by atoms with E-state index in [1.807, 2.05) is 6.92 Å². The highest BCUT2D eigenvalue weighted by molar-refractivity contribution is 5.85. The zero-order chi connectivity index (χ0) is 14.3. The van der Waals surface area contributed by atoms with Crippen LogP contribution in [0.4, 0.5) is 0 Å². The molecule has 3 nitrogen and oxygen atoms in total. The first-order valence-corrected chi connectivity index (χ1v) is 7.11. The van der Waals surface area contributed by atoms with Crippen molar-refractivity contribution in [2.45, 2.75) is 46.1 Å². The molecule has 3 N–H and O–H groups in total. The minimum atomic E-state index is 0. The van der Waals surface area contributed by atoms with Gasteiger partial charge < -0.3 is 11.1 Å². The molecule has 0 radical (unpaired) electrons. The fraction of sp³-hybridized carbons (Fsp3) is 0.562. The third kappa shape index (κ3) is 6.92. The maximum atomic E-state index is 11.6. The van der Waals surface area contributed by atoms with E-state index in [-0.39, 0.29) is 24.4 Å². The molecule has 4 heteroatoms. The van der Waals surface area contributed by atoms with E-state index in [9.17, 15) is 4.79 Å². The molecule has 0 aliphatic heterocycles. The van der Waals surface area contributed by atoms with Crippen LogP contribution in [0.2, 0.25) is 0 Å². The molecular weight excluding hydrogens is 272 g/mol. The van der Waals surface area contributed by atoms with Gasteiger partial charge in [-0.1, -0.05) is 38.1 Å². The predicted molar refractivity (Wildman–Crippen MR) is 87.1 cm³/mol. The van der Waals surface area contributed by atoms with E-state index in [2.05, 4.69) is 43.4 Å². The lowest BCUT2D eigenvalue weighted by Crippen LogP contribution is -2.26. The summed E-state index contributed by atoms with van der Waals surface area (Å²) in [5.41, 5.74) is 7.89. The number of nitrogens with one attached hydrogen (secondary N) is 1. The van der Waals surface area contributed by atoms with Gasteiger partial charge in [0.1, 0.15) is 0 Å². The van der Waals surface area contributed by atoms with Crippen LogP contribution in [0.5, 0.6) is 0 Å². The van der Waals surface area contributed by atoms with Crippen LogP contribution in [-0.2, 0) is 11.2 Å². The first-order chi connectivity index (χ1) is 9.02. The van der Waals surface area contributed by atoms with E-state index >= 15 is 0 Å². The quantitative estimate of drug-likeness (QED) is 0.812. The average Bonchev–Trinajstić information content (AvgIpc) is 2.36. The number of rotatable bonds is 7. The van der Waals surface area contributed by atoms with Crippen LogP contribution in [-0.4, -0.2) is 12.5 Å². The summed E-state index contributed by atoms with van der Waals surface area (Å²) in [5.74, 6) is 0.739. The van der Waals surface area contributed by atoms with Gasteiger partial charge >= 0.3 is 0 Å². The van der Waals surface area contributed by atoms with Crippen molar-refractivity contribution < 1.29 is 4.79 Å². The Labute approximate surface area is 128 Å². The predicted octanol–water partition coefficient (Wildman–Crippen LogP) is 3.22. The third-order valence-corrected chi connectivity index (χ3v) is 3.11. The fourth-order valence-electron chi connectivity index (χ4n) is 2.07. The summed E-state index contributed by atoms with van der Waals surface area (Å²) >= 11 is 0. The SMILES string of the molecule is CC(C)Cc1ccc(C(C)NC(=O)CCCN)cc1.Cl. The van der Waals surface area contributed by atoms with Crippen LogP contribution in [0.15, 0.2) is 24.3 Å². The Hall–Kier alpha value is -1.06. The lowest BCUT2D eigenvalue weighted by molar-refractivity contribution is -0.121. The summed E-state index contributed by atoms with van der Waals surface area (Å²) < 4.78 is 0. The van der Waals surface area contributed by atoms with E-state index < -0.39 is 0 Å². The Balaban J connectivity index is 0.00000361. The van der Waals surface area contributed by atoms with Crippen LogP contribution in [0.1, 0.15) is 50.8 Å². The van der Waals surface area contributed by atoms with Crippen molar-refractivity contribution in [2.75, 3.05) is 6.54 Å². The van der Waals surface area contributed by atoms with Gasteiger partial charge in [-0.25, -0.2) is 0 Å². The third-order valence-electron chi connectivity index (χ3n) is 3.11. The molecule has 0 spiro atoms. The number of carbonyl (C=O) groups excluding carboxylic acids is 1. The highest BCUT2D eigenvalue weighted by Gasteiger charge is 2.09. The van der Waals surface area contributed by atoms with E-state index in [1.165, 1.54) is 5.56 Å². The lowest BCUT2D eigenvalue weighted by Gasteiger charge is -2.15. The Bertz CT molecular complexity index is 390. The maximum absolute atomic E-state index is 11.6. The number of halogens is 1. The molecule has 0 saturated heterocycles. The molecule has 0 bridgehead atoms. The second-order valence-electron chi connectivity index (χ2n) is 5.52. The smallest absolute Gasteiger partial charge is 0.220 e. The molecular formula is C16H27ClN2O. The van der Waals surface area contributed by atoms with E-state index in [0.29, 0.717) is 18.9 Å². The zero-order valence-electron chi connectivity index (χ0n) is 12.7. The number of nitrogens with two attached hydrogens (primary N) is 1. The Morgan fingerprint density at radius 3 is 2.30 bits per heavy atom. The van der Waals surface area contributed by atoms with Gasteiger partial charge in [0, 0.05) is 6.42 Å². The highest BCUT2D eigenvalue weighted by Crippen LogP contribution is 2.15. The number of carbonyl (C=O) groups is 1. The number of hydrogen-bond acceptors (Lipinski definition) is 2. The van der Waals surface area contributed by atoms with Gasteiger partial charge in [-0.05, 0) is 43.4 Å². The minimum Gasteiger partial charge on any atom is -0.350 e. The fourth-order valence-corrected chi connectivity index (χ4v) is 2.07. The Kier molecular flexibility index (Phi) is 9.26. The summed E-state index contributed by atoms with van der Waals surface area (Å²) in [5, 5.41) is 3.00. The average molecular weight is 299 g/mol. The van der Waals surface area contributed by atoms with Crippen molar-refractivity contribution in [3.8, 4) is 0 Å². The molecule has 1 unspecified atom stereocenters. The molecule has 1 aromatic carbocycles. The summed E-state index contributed by atoms with van der Waals surface area (Å²) in [6, 6.07) is 8.56. The van der Waals surface area contributed by atoms with Crippen LogP contribution in [0.25, 0.3) is 0 Å². The molecule has 0 aromatic heterocycles. The van der Waals surface area contributed by atoms with Crippen LogP contribution >= 0.6 is 12.4 Å². The van der Waals surface area contributed by atoms with Gasteiger partial charge in [0.15, 0.2) is 0 Å². The van der Waals surface area contributed by atoms with Crippen LogP contribution in [0.3, 0.4) is 0 Å². The van der Waals surface area contributed by atoms with Crippen molar-refractivity contribution in [1.29, 1.82) is 0 Å². The van der Waals surface area contributed by atoms with Crippen molar-refractivity contribution in [1.82, 2.24) is 5.32 Å². The molecule has 1 rings (SSSR count). The monoisotopic (exact) mass is 298 g/mol. The number of hydrogen-bond donors (Lipinski definition) is 2. The van der Waals surface area contributed by atoms with Crippen molar-refractivity contribution >= 4 is 18.3 Å². The van der Waals surface area contributed by atoms with Crippen molar-refractivity contribution in [3.63, 3.8) is 0 Å². The summed E-state index contributed by atoms with van der Waals surface area (Å²) in [6.45, 7) is 7.01. The molecule has 20 heavy (non-hydrogen) atoms. The van der Waals surface area contributed by atoms with E-state index in [4.69, 9.17) is 5.73 Å². The van der Waals surface area contributed by atoms with Gasteiger partial charge in [-0.2, -0.15) is 0 Å². The largest absolute Gasteiger partial charge is 0.350 e. The molecule has 0 saturated carbocycles. The van der Waals surface area contributed by atoms with Crippen molar-refractivity contribution in [3.05, 3.63) is 35.4 Å². The molecule has 1 aromatic rings. The second kappa shape index (κ2) is 9.78. The Morgan fingerprint density at radius 2 is 1.80 bits per heavy atom. The first-order valence-electron chi connectivity index (χ1n) is 7.11. The molecule has 0 heterocycles. The summed E-state index contributed by atoms with van der Waals surface area (Å²) in [6.07, 6.45) is 2.34. The summed E-state index contributed by atoms with van der Waals surface area (Å²) in [4.78, 5) is 11.6. The van der Waals surface area contributed by atoms with Gasteiger partial charge in [0.05, 0.1) is 6.04 Å². The molecule has 0 aliphatic carbocycles. The van der Waals surface area contributed by atoms with Gasteiger partial charge in [-0.15, -0.1) is 12.4 Å². The maximum Gasteiger partial charge on any atom is 0.220 e. The van der Waals surface area contributed by atoms with Crippen LogP contribution < -0.4 is 11.1 Å². The summed E-state index contributed by atoms with van der Waals surface area (Å²) in [7, 11) is 0. The minimum absolute atomic E-state index is 0. The molecule has 0 fully saturated rings. The van der Waals surface area contributed by atoms with E-state index in [0.717, 1.165) is 18.4 Å². The number of benzene rings is 1. The van der Waals surface area contributed by atoms with Gasteiger partial charge in [0.2, 0.25) is 5.91 Å². The second-order valence-corrected chi connectivity index (χ2v) is 5.52. The molecule has 1 atom stereocenters. The van der Waals surface area contributed by atoms with E-state index in [1.54, 1.807) is 0 Å². The van der Waals surface area contributed by atoms with Crippen molar-refractivity contribution in [2.24, 2.45) is 11.7 Å². The number of amides is 1. The topological polar surface area (TPSA) is 55.1 Å². The molecule has 1 amide bonds. The first kappa shape index (κ1) is 18.9. The normalized spacial score (nSPS) is 11.8.